The van der Waals surface area contributed by atoms with Gasteiger partial charge in [0.05, 0.1) is 0 Å². The number of phenols is 4. The Morgan fingerprint density at radius 1 is 0.438 bits per heavy atom. The van der Waals surface area contributed by atoms with Crippen LogP contribution in [0.2, 0.25) is 0 Å². The maximum Gasteiger partial charge on any atom is 0.123 e. The van der Waals surface area contributed by atoms with Gasteiger partial charge >= 0.3 is 0 Å². The van der Waals surface area contributed by atoms with Crippen molar-refractivity contribution in [3.8, 4) is 56.4 Å². The van der Waals surface area contributed by atoms with Crippen LogP contribution < -0.4 is 0 Å². The van der Waals surface area contributed by atoms with Crippen molar-refractivity contribution in [1.82, 2.24) is 0 Å². The molecule has 2 aliphatic carbocycles. The molecule has 0 amide bonds. The monoisotopic (exact) mass is 422 g/mol. The first-order chi connectivity index (χ1) is 15.5. The van der Waals surface area contributed by atoms with Crippen LogP contribution in [0.5, 0.6) is 23.0 Å². The van der Waals surface area contributed by atoms with E-state index < -0.39 is 0 Å². The van der Waals surface area contributed by atoms with E-state index in [0.29, 0.717) is 17.5 Å². The van der Waals surface area contributed by atoms with Crippen molar-refractivity contribution in [2.45, 2.75) is 25.7 Å². The lowest BCUT2D eigenvalue weighted by atomic mass is 9.79. The summed E-state index contributed by atoms with van der Waals surface area (Å²) >= 11 is 0. The Labute approximate surface area is 185 Å². The lowest BCUT2D eigenvalue weighted by Gasteiger charge is -2.26. The molecule has 0 saturated heterocycles. The number of benzene rings is 4. The number of aryl methyl sites for hydroxylation is 3. The number of aromatic hydroxyl groups is 4. The smallest absolute Gasteiger partial charge is 0.123 e. The molecule has 4 nitrogen and oxygen atoms in total. The van der Waals surface area contributed by atoms with Crippen LogP contribution in [0.4, 0.5) is 0 Å². The van der Waals surface area contributed by atoms with Gasteiger partial charge in [0.15, 0.2) is 0 Å². The van der Waals surface area contributed by atoms with E-state index in [4.69, 9.17) is 0 Å². The van der Waals surface area contributed by atoms with Gasteiger partial charge in [0, 0.05) is 11.1 Å². The Hall–Kier alpha value is -3.92. The third-order valence-corrected chi connectivity index (χ3v) is 6.85. The van der Waals surface area contributed by atoms with Crippen LogP contribution in [0.3, 0.4) is 0 Å². The Morgan fingerprint density at radius 3 is 1.69 bits per heavy atom. The zero-order valence-corrected chi connectivity index (χ0v) is 17.4. The third-order valence-electron chi connectivity index (χ3n) is 6.85. The highest BCUT2D eigenvalue weighted by atomic mass is 16.3. The molecule has 0 unspecified atom stereocenters. The SMILES string of the molecule is Oc1ccc2c(c1)CCc1cc(O)c(-c3c(O)ccc4c3CCc3cc(O)ccc3-4)cc1-2. The van der Waals surface area contributed by atoms with Gasteiger partial charge in [-0.25, -0.2) is 0 Å². The first-order valence-corrected chi connectivity index (χ1v) is 10.9. The number of phenolic OH excluding ortho intramolecular Hbond substituents is 4. The van der Waals surface area contributed by atoms with Gasteiger partial charge in [-0.3, -0.25) is 0 Å². The Balaban J connectivity index is 1.58. The molecule has 0 bridgehead atoms. The van der Waals surface area contributed by atoms with Crippen molar-refractivity contribution >= 4 is 0 Å². The molecule has 4 aromatic rings. The fourth-order valence-electron chi connectivity index (χ4n) is 5.37. The van der Waals surface area contributed by atoms with Crippen molar-refractivity contribution in [3.05, 3.63) is 82.9 Å². The highest BCUT2D eigenvalue weighted by Gasteiger charge is 2.26. The molecular weight excluding hydrogens is 400 g/mol. The molecule has 0 heterocycles. The van der Waals surface area contributed by atoms with E-state index in [-0.39, 0.29) is 23.0 Å². The van der Waals surface area contributed by atoms with Gasteiger partial charge in [0.25, 0.3) is 0 Å². The lowest BCUT2D eigenvalue weighted by molar-refractivity contribution is 0.468. The van der Waals surface area contributed by atoms with Gasteiger partial charge in [0.1, 0.15) is 23.0 Å². The minimum atomic E-state index is 0.142. The number of hydrogen-bond donors (Lipinski definition) is 4. The summed E-state index contributed by atoms with van der Waals surface area (Å²) in [6, 6.07) is 18.2. The second-order valence-corrected chi connectivity index (χ2v) is 8.70. The second kappa shape index (κ2) is 6.79. The predicted octanol–water partition coefficient (Wildman–Crippen LogP) is 5.71. The first-order valence-electron chi connectivity index (χ1n) is 10.9. The maximum atomic E-state index is 11.0. The normalized spacial score (nSPS) is 13.6. The molecule has 0 spiro atoms. The highest BCUT2D eigenvalue weighted by Crippen LogP contribution is 2.48. The van der Waals surface area contributed by atoms with Gasteiger partial charge in [-0.2, -0.15) is 0 Å². The summed E-state index contributed by atoms with van der Waals surface area (Å²) in [7, 11) is 0. The molecule has 158 valence electrons. The van der Waals surface area contributed by atoms with Gasteiger partial charge in [-0.15, -0.1) is 0 Å². The molecule has 4 heteroatoms. The van der Waals surface area contributed by atoms with Crippen LogP contribution in [0.1, 0.15) is 22.3 Å². The molecular formula is C28H22O4. The summed E-state index contributed by atoms with van der Waals surface area (Å²) in [6.07, 6.45) is 3.05. The molecule has 4 aromatic carbocycles. The van der Waals surface area contributed by atoms with E-state index in [0.717, 1.165) is 63.8 Å². The van der Waals surface area contributed by atoms with E-state index in [1.165, 1.54) is 0 Å². The van der Waals surface area contributed by atoms with Crippen molar-refractivity contribution in [2.75, 3.05) is 0 Å². The molecule has 2 aliphatic rings. The van der Waals surface area contributed by atoms with Gasteiger partial charge < -0.3 is 20.4 Å². The lowest BCUT2D eigenvalue weighted by Crippen LogP contribution is -2.07. The molecule has 0 radical (unpaired) electrons. The van der Waals surface area contributed by atoms with E-state index in [2.05, 4.69) is 0 Å². The van der Waals surface area contributed by atoms with Gasteiger partial charge in [-0.1, -0.05) is 18.2 Å². The number of hydrogen-bond acceptors (Lipinski definition) is 4. The van der Waals surface area contributed by atoms with Gasteiger partial charge in [-0.05, 0) is 113 Å². The molecule has 6 rings (SSSR count). The average Bonchev–Trinajstić information content (AvgIpc) is 2.78. The van der Waals surface area contributed by atoms with Crippen LogP contribution in [0, 0.1) is 0 Å². The summed E-state index contributed by atoms with van der Waals surface area (Å²) in [6.45, 7) is 0. The minimum absolute atomic E-state index is 0.142. The van der Waals surface area contributed by atoms with Crippen LogP contribution >= 0.6 is 0 Å². The highest BCUT2D eigenvalue weighted by molar-refractivity contribution is 5.90. The van der Waals surface area contributed by atoms with Crippen molar-refractivity contribution in [2.24, 2.45) is 0 Å². The van der Waals surface area contributed by atoms with Crippen LogP contribution in [-0.4, -0.2) is 20.4 Å². The largest absolute Gasteiger partial charge is 0.508 e. The summed E-state index contributed by atoms with van der Waals surface area (Å²) in [4.78, 5) is 0. The van der Waals surface area contributed by atoms with Crippen LogP contribution in [0.15, 0.2) is 60.7 Å². The van der Waals surface area contributed by atoms with E-state index in [1.54, 1.807) is 30.3 Å². The molecule has 32 heavy (non-hydrogen) atoms. The van der Waals surface area contributed by atoms with Gasteiger partial charge in [0.2, 0.25) is 0 Å². The number of rotatable bonds is 1. The summed E-state index contributed by atoms with van der Waals surface area (Å²) < 4.78 is 0. The van der Waals surface area contributed by atoms with Crippen molar-refractivity contribution in [3.63, 3.8) is 0 Å². The predicted molar refractivity (Wildman–Crippen MR) is 124 cm³/mol. The van der Waals surface area contributed by atoms with E-state index in [1.807, 2.05) is 30.3 Å². The van der Waals surface area contributed by atoms with Crippen LogP contribution in [-0.2, 0) is 25.7 Å². The fourth-order valence-corrected chi connectivity index (χ4v) is 5.37. The zero-order chi connectivity index (χ0) is 22.0. The van der Waals surface area contributed by atoms with Crippen molar-refractivity contribution < 1.29 is 20.4 Å². The molecule has 0 saturated carbocycles. The van der Waals surface area contributed by atoms with E-state index in [9.17, 15) is 20.4 Å². The maximum absolute atomic E-state index is 11.0. The van der Waals surface area contributed by atoms with Crippen LogP contribution in [0.25, 0.3) is 33.4 Å². The topological polar surface area (TPSA) is 80.9 Å². The summed E-state index contributed by atoms with van der Waals surface area (Å²) in [5.74, 6) is 0.808. The molecule has 0 aromatic heterocycles. The summed E-state index contributed by atoms with van der Waals surface area (Å²) in [5, 5.41) is 41.6. The van der Waals surface area contributed by atoms with E-state index >= 15 is 0 Å². The third kappa shape index (κ3) is 2.76. The zero-order valence-electron chi connectivity index (χ0n) is 17.4. The second-order valence-electron chi connectivity index (χ2n) is 8.70. The number of fused-ring (bicyclic) bond motifs is 6. The molecule has 4 N–H and O–H groups in total. The Morgan fingerprint density at radius 2 is 1.00 bits per heavy atom. The standard InChI is InChI=1S/C28H22O4/c29-18-4-7-20-16(12-18)3-6-23-22(20)9-10-26(31)28(23)25-14-24-17(13-27(25)32)2-1-15-11-19(30)5-8-21(15)24/h4-5,7-14,29-32H,1-3,6H2. The quantitative estimate of drug-likeness (QED) is 0.317. The Kier molecular flexibility index (Phi) is 3.99. The Bertz CT molecular complexity index is 1420. The molecule has 0 aliphatic heterocycles. The van der Waals surface area contributed by atoms with Crippen molar-refractivity contribution in [1.29, 1.82) is 0 Å². The fraction of sp³-hybridized carbons (Fsp3) is 0.143. The molecule has 0 fully saturated rings. The molecule has 0 atom stereocenters. The minimum Gasteiger partial charge on any atom is -0.508 e. The average molecular weight is 422 g/mol. The summed E-state index contributed by atoms with van der Waals surface area (Å²) in [5.41, 5.74) is 9.64. The first kappa shape index (κ1) is 18.8.